The summed E-state index contributed by atoms with van der Waals surface area (Å²) >= 11 is 1.51. The fraction of sp³-hybridized carbons (Fsp3) is 0.231. The lowest BCUT2D eigenvalue weighted by Crippen LogP contribution is -2.29. The molecule has 0 fully saturated rings. The largest absolute Gasteiger partial charge is 0.282 e. The lowest BCUT2D eigenvalue weighted by molar-refractivity contribution is 0.0966. The van der Waals surface area contributed by atoms with E-state index in [0.29, 0.717) is 16.6 Å². The molecule has 0 unspecified atom stereocenters. The summed E-state index contributed by atoms with van der Waals surface area (Å²) in [4.78, 5) is 17.8. The number of hydrogen-bond acceptors (Lipinski definition) is 4. The minimum atomic E-state index is -0.141. The molecule has 0 saturated heterocycles. The van der Waals surface area contributed by atoms with Crippen molar-refractivity contribution in [1.82, 2.24) is 10.4 Å². The third-order valence-corrected chi connectivity index (χ3v) is 3.77. The average molecular weight is 261 g/mol. The number of nitrogens with one attached hydrogen (secondary N) is 2. The van der Waals surface area contributed by atoms with Gasteiger partial charge in [-0.3, -0.25) is 15.6 Å². The molecule has 1 amide bonds. The Kier molecular flexibility index (Phi) is 3.94. The summed E-state index contributed by atoms with van der Waals surface area (Å²) < 4.78 is 0. The summed E-state index contributed by atoms with van der Waals surface area (Å²) in [6.07, 6.45) is 1.66. The molecule has 0 aliphatic rings. The molecule has 0 atom stereocenters. The summed E-state index contributed by atoms with van der Waals surface area (Å²) in [6, 6.07) is 9.29. The number of carbonyl (C=O) groups is 1. The highest BCUT2D eigenvalue weighted by Gasteiger charge is 2.10. The van der Waals surface area contributed by atoms with Gasteiger partial charge in [-0.25, -0.2) is 4.98 Å². The van der Waals surface area contributed by atoms with Crippen LogP contribution in [0.25, 0.3) is 0 Å². The summed E-state index contributed by atoms with van der Waals surface area (Å²) in [7, 11) is 0. The fourth-order valence-corrected chi connectivity index (χ4v) is 2.31. The molecule has 0 bridgehead atoms. The Morgan fingerprint density at radius 3 is 2.72 bits per heavy atom. The second-order valence-electron chi connectivity index (χ2n) is 4.15. The van der Waals surface area contributed by atoms with Crippen LogP contribution in [0.15, 0.2) is 36.5 Å². The predicted molar refractivity (Wildman–Crippen MR) is 73.7 cm³/mol. The predicted octanol–water partition coefficient (Wildman–Crippen LogP) is 3.02. The van der Waals surface area contributed by atoms with Gasteiger partial charge in [-0.05, 0) is 30.2 Å². The van der Waals surface area contributed by atoms with Crippen LogP contribution in [0.1, 0.15) is 34.3 Å². The van der Waals surface area contributed by atoms with E-state index < -0.39 is 0 Å². The van der Waals surface area contributed by atoms with Crippen LogP contribution in [0.4, 0.5) is 5.82 Å². The zero-order chi connectivity index (χ0) is 13.0. The number of thiophene rings is 1. The maximum absolute atomic E-state index is 11.9. The Morgan fingerprint density at radius 1 is 1.28 bits per heavy atom. The number of anilines is 1. The second kappa shape index (κ2) is 5.64. The highest BCUT2D eigenvalue weighted by molar-refractivity contribution is 7.14. The molecule has 2 aromatic heterocycles. The van der Waals surface area contributed by atoms with Crippen molar-refractivity contribution in [3.8, 4) is 0 Å². The van der Waals surface area contributed by atoms with E-state index in [1.807, 2.05) is 24.3 Å². The normalized spacial score (nSPS) is 10.4. The highest BCUT2D eigenvalue weighted by Crippen LogP contribution is 2.23. The molecule has 2 aromatic rings. The van der Waals surface area contributed by atoms with Gasteiger partial charge in [0.05, 0.1) is 4.88 Å². The van der Waals surface area contributed by atoms with Gasteiger partial charge in [0.1, 0.15) is 5.82 Å². The standard InChI is InChI=1S/C13H15N3OS/c1-9(2)10-6-7-11(18-10)13(17)16-15-12-5-3-4-8-14-12/h3-9H,1-2H3,(H,14,15)(H,16,17). The summed E-state index contributed by atoms with van der Waals surface area (Å²) in [5.41, 5.74) is 5.40. The van der Waals surface area contributed by atoms with Crippen LogP contribution in [-0.2, 0) is 0 Å². The van der Waals surface area contributed by atoms with E-state index >= 15 is 0 Å². The van der Waals surface area contributed by atoms with Crippen molar-refractivity contribution in [2.45, 2.75) is 19.8 Å². The number of amides is 1. The molecule has 5 heteroatoms. The fourth-order valence-electron chi connectivity index (χ4n) is 1.40. The Labute approximate surface area is 110 Å². The van der Waals surface area contributed by atoms with Gasteiger partial charge in [-0.2, -0.15) is 0 Å². The van der Waals surface area contributed by atoms with Crippen LogP contribution in [0, 0.1) is 0 Å². The number of rotatable bonds is 4. The molecule has 0 aliphatic heterocycles. The molecular formula is C13H15N3OS. The van der Waals surface area contributed by atoms with Gasteiger partial charge in [0.25, 0.3) is 5.91 Å². The van der Waals surface area contributed by atoms with E-state index in [9.17, 15) is 4.79 Å². The molecule has 0 saturated carbocycles. The number of hydrazine groups is 1. The minimum Gasteiger partial charge on any atom is -0.282 e. The number of pyridine rings is 1. The van der Waals surface area contributed by atoms with Crippen molar-refractivity contribution in [2.75, 3.05) is 5.43 Å². The molecule has 0 aliphatic carbocycles. The monoisotopic (exact) mass is 261 g/mol. The van der Waals surface area contributed by atoms with E-state index in [1.54, 1.807) is 12.3 Å². The van der Waals surface area contributed by atoms with Crippen molar-refractivity contribution in [3.05, 3.63) is 46.3 Å². The maximum atomic E-state index is 11.9. The summed E-state index contributed by atoms with van der Waals surface area (Å²) in [5, 5.41) is 0. The molecule has 0 radical (unpaired) electrons. The zero-order valence-electron chi connectivity index (χ0n) is 10.3. The van der Waals surface area contributed by atoms with E-state index in [4.69, 9.17) is 0 Å². The minimum absolute atomic E-state index is 0.141. The Morgan fingerprint density at radius 2 is 2.11 bits per heavy atom. The van der Waals surface area contributed by atoms with Gasteiger partial charge < -0.3 is 0 Å². The van der Waals surface area contributed by atoms with Crippen LogP contribution >= 0.6 is 11.3 Å². The molecule has 4 nitrogen and oxygen atoms in total. The molecule has 2 N–H and O–H groups in total. The van der Waals surface area contributed by atoms with E-state index in [0.717, 1.165) is 0 Å². The molecule has 0 spiro atoms. The van der Waals surface area contributed by atoms with Crippen LogP contribution in [0.5, 0.6) is 0 Å². The molecule has 2 rings (SSSR count). The van der Waals surface area contributed by atoms with Crippen molar-refractivity contribution in [2.24, 2.45) is 0 Å². The van der Waals surface area contributed by atoms with E-state index in [-0.39, 0.29) is 5.91 Å². The Balaban J connectivity index is 1.95. The first-order chi connectivity index (χ1) is 8.66. The SMILES string of the molecule is CC(C)c1ccc(C(=O)NNc2ccccn2)s1. The van der Waals surface area contributed by atoms with Gasteiger partial charge >= 0.3 is 0 Å². The summed E-state index contributed by atoms with van der Waals surface area (Å²) in [5.74, 6) is 0.921. The lowest BCUT2D eigenvalue weighted by Gasteiger charge is -2.05. The average Bonchev–Trinajstić information content (AvgIpc) is 2.87. The molecular weight excluding hydrogens is 246 g/mol. The number of hydrogen-bond donors (Lipinski definition) is 2. The quantitative estimate of drug-likeness (QED) is 0.832. The van der Waals surface area contributed by atoms with E-state index in [1.165, 1.54) is 16.2 Å². The maximum Gasteiger partial charge on any atom is 0.279 e. The first-order valence-electron chi connectivity index (χ1n) is 5.74. The van der Waals surface area contributed by atoms with Crippen molar-refractivity contribution in [3.63, 3.8) is 0 Å². The smallest absolute Gasteiger partial charge is 0.279 e. The van der Waals surface area contributed by atoms with Crippen molar-refractivity contribution >= 4 is 23.1 Å². The topological polar surface area (TPSA) is 54.0 Å². The molecule has 94 valence electrons. The number of carbonyl (C=O) groups excluding carboxylic acids is 1. The molecule has 18 heavy (non-hydrogen) atoms. The van der Waals surface area contributed by atoms with Gasteiger partial charge in [-0.15, -0.1) is 11.3 Å². The third-order valence-electron chi connectivity index (χ3n) is 2.39. The number of aromatic nitrogens is 1. The van der Waals surface area contributed by atoms with Gasteiger partial charge in [0, 0.05) is 11.1 Å². The molecule has 2 heterocycles. The van der Waals surface area contributed by atoms with Crippen LogP contribution in [0.2, 0.25) is 0 Å². The second-order valence-corrected chi connectivity index (χ2v) is 5.27. The van der Waals surface area contributed by atoms with E-state index in [2.05, 4.69) is 29.7 Å². The van der Waals surface area contributed by atoms with Gasteiger partial charge in [0.15, 0.2) is 0 Å². The molecule has 0 aromatic carbocycles. The van der Waals surface area contributed by atoms with Crippen LogP contribution < -0.4 is 10.9 Å². The number of nitrogens with zero attached hydrogens (tertiary/aromatic N) is 1. The first-order valence-corrected chi connectivity index (χ1v) is 6.55. The van der Waals surface area contributed by atoms with Gasteiger partial charge in [-0.1, -0.05) is 19.9 Å². The highest BCUT2D eigenvalue weighted by atomic mass is 32.1. The van der Waals surface area contributed by atoms with Gasteiger partial charge in [0.2, 0.25) is 0 Å². The Hall–Kier alpha value is -1.88. The van der Waals surface area contributed by atoms with Crippen LogP contribution in [0.3, 0.4) is 0 Å². The first kappa shape index (κ1) is 12.6. The van der Waals surface area contributed by atoms with Crippen LogP contribution in [-0.4, -0.2) is 10.9 Å². The van der Waals surface area contributed by atoms with Crippen molar-refractivity contribution < 1.29 is 4.79 Å². The van der Waals surface area contributed by atoms with Crippen molar-refractivity contribution in [1.29, 1.82) is 0 Å². The Bertz CT molecular complexity index is 522. The third kappa shape index (κ3) is 3.07. The zero-order valence-corrected chi connectivity index (χ0v) is 11.1. The summed E-state index contributed by atoms with van der Waals surface area (Å²) in [6.45, 7) is 4.22. The lowest BCUT2D eigenvalue weighted by atomic mass is 10.2.